The van der Waals surface area contributed by atoms with Gasteiger partial charge in [-0.3, -0.25) is 9.59 Å². The molecule has 0 aliphatic heterocycles. The zero-order valence-corrected chi connectivity index (χ0v) is 11.7. The van der Waals surface area contributed by atoms with Crippen molar-refractivity contribution in [2.45, 2.75) is 0 Å². The minimum Gasteiger partial charge on any atom is -0.438 e. The summed E-state index contributed by atoms with van der Waals surface area (Å²) in [4.78, 5) is 21.8. The highest BCUT2D eigenvalue weighted by Crippen LogP contribution is 2.38. The molecule has 2 rings (SSSR count). The maximum atomic E-state index is 10.9. The quantitative estimate of drug-likeness (QED) is 0.600. The second kappa shape index (κ2) is 6.83. The fraction of sp³-hybridized carbons (Fsp3) is 0.0667. The van der Waals surface area contributed by atoms with Gasteiger partial charge >= 0.3 is 0 Å². The normalized spacial score (nSPS) is 10.1. The number of hydrogen-bond donors (Lipinski definition) is 0. The van der Waals surface area contributed by atoms with Crippen LogP contribution in [0.2, 0.25) is 0 Å². The molecule has 2 aromatic carbocycles. The van der Waals surface area contributed by atoms with Crippen molar-refractivity contribution in [1.82, 2.24) is 0 Å². The summed E-state index contributed by atoms with van der Waals surface area (Å²) in [7, 11) is -1.29. The van der Waals surface area contributed by atoms with Gasteiger partial charge in [-0.25, -0.2) is 0 Å². The highest BCUT2D eigenvalue weighted by atomic mass is 31.2. The molecule has 2 aromatic rings. The summed E-state index contributed by atoms with van der Waals surface area (Å²) in [5.41, 5.74) is 0.934. The molecule has 0 saturated heterocycles. The van der Waals surface area contributed by atoms with Crippen LogP contribution < -0.4 is 9.05 Å². The Labute approximate surface area is 118 Å². The van der Waals surface area contributed by atoms with Gasteiger partial charge in [0.05, 0.1) is 11.1 Å². The fourth-order valence-corrected chi connectivity index (χ4v) is 2.54. The molecule has 0 bridgehead atoms. The average Bonchev–Trinajstić information content (AvgIpc) is 2.48. The van der Waals surface area contributed by atoms with Crippen molar-refractivity contribution in [1.29, 1.82) is 0 Å². The average molecular weight is 288 g/mol. The molecule has 0 fully saturated rings. The zero-order chi connectivity index (χ0) is 14.4. The van der Waals surface area contributed by atoms with Gasteiger partial charge in [-0.1, -0.05) is 24.3 Å². The van der Waals surface area contributed by atoms with E-state index in [0.717, 1.165) is 12.6 Å². The number of carbonyl (C=O) groups is 2. The largest absolute Gasteiger partial charge is 0.438 e. The molecular formula is C15H13O4P. The van der Waals surface area contributed by atoms with Crippen molar-refractivity contribution < 1.29 is 18.6 Å². The van der Waals surface area contributed by atoms with E-state index in [9.17, 15) is 9.59 Å². The predicted octanol–water partition coefficient (Wildman–Crippen LogP) is 3.71. The Bertz CT molecular complexity index is 559. The third kappa shape index (κ3) is 3.43. The second-order valence-corrected chi connectivity index (χ2v) is 5.18. The summed E-state index contributed by atoms with van der Waals surface area (Å²) in [6.45, 7) is 1.76. The molecular weight excluding hydrogens is 275 g/mol. The monoisotopic (exact) mass is 288 g/mol. The van der Waals surface area contributed by atoms with Crippen LogP contribution in [-0.4, -0.2) is 19.2 Å². The van der Waals surface area contributed by atoms with Crippen LogP contribution in [0.3, 0.4) is 0 Å². The lowest BCUT2D eigenvalue weighted by molar-refractivity contribution is 0.111. The Morgan fingerprint density at radius 3 is 1.60 bits per heavy atom. The highest BCUT2D eigenvalue weighted by molar-refractivity contribution is 7.47. The maximum Gasteiger partial charge on any atom is 0.287 e. The van der Waals surface area contributed by atoms with Gasteiger partial charge < -0.3 is 9.05 Å². The lowest BCUT2D eigenvalue weighted by Gasteiger charge is -2.16. The van der Waals surface area contributed by atoms with Crippen LogP contribution in [0.4, 0.5) is 0 Å². The smallest absolute Gasteiger partial charge is 0.287 e. The van der Waals surface area contributed by atoms with E-state index in [4.69, 9.17) is 9.05 Å². The third-order valence-electron chi connectivity index (χ3n) is 2.55. The van der Waals surface area contributed by atoms with Crippen molar-refractivity contribution in [3.8, 4) is 11.5 Å². The number of benzene rings is 2. The van der Waals surface area contributed by atoms with E-state index in [1.165, 1.54) is 0 Å². The molecule has 102 valence electrons. The minimum atomic E-state index is -1.29. The SMILES string of the molecule is CP(Oc1ccccc1C=O)Oc1ccccc1C=O. The van der Waals surface area contributed by atoms with Gasteiger partial charge in [0.1, 0.15) is 11.5 Å². The van der Waals surface area contributed by atoms with E-state index in [1.54, 1.807) is 55.2 Å². The summed E-state index contributed by atoms with van der Waals surface area (Å²) >= 11 is 0. The van der Waals surface area contributed by atoms with Crippen LogP contribution in [0.25, 0.3) is 0 Å². The van der Waals surface area contributed by atoms with Crippen LogP contribution in [0, 0.1) is 0 Å². The topological polar surface area (TPSA) is 52.6 Å². The lowest BCUT2D eigenvalue weighted by Crippen LogP contribution is -1.98. The highest BCUT2D eigenvalue weighted by Gasteiger charge is 2.12. The van der Waals surface area contributed by atoms with Gasteiger partial charge in [0.2, 0.25) is 0 Å². The third-order valence-corrected chi connectivity index (χ3v) is 3.45. The lowest BCUT2D eigenvalue weighted by atomic mass is 10.2. The fourth-order valence-electron chi connectivity index (χ4n) is 1.62. The molecule has 4 nitrogen and oxygen atoms in total. The Kier molecular flexibility index (Phi) is 4.85. The summed E-state index contributed by atoms with van der Waals surface area (Å²) in [6.07, 6.45) is 1.47. The number of rotatable bonds is 6. The molecule has 0 N–H and O–H groups in total. The van der Waals surface area contributed by atoms with Crippen molar-refractivity contribution in [3.05, 3.63) is 59.7 Å². The molecule has 0 heterocycles. The van der Waals surface area contributed by atoms with Gasteiger partial charge in [0, 0.05) is 6.66 Å². The van der Waals surface area contributed by atoms with Crippen molar-refractivity contribution in [2.24, 2.45) is 0 Å². The number of aldehydes is 2. The van der Waals surface area contributed by atoms with E-state index in [1.807, 2.05) is 0 Å². The summed E-state index contributed by atoms with van der Waals surface area (Å²) in [5, 5.41) is 0. The van der Waals surface area contributed by atoms with E-state index < -0.39 is 8.38 Å². The van der Waals surface area contributed by atoms with Gasteiger partial charge in [-0.15, -0.1) is 0 Å². The number of para-hydroxylation sites is 2. The van der Waals surface area contributed by atoms with Crippen molar-refractivity contribution in [3.63, 3.8) is 0 Å². The molecule has 0 radical (unpaired) electrons. The van der Waals surface area contributed by atoms with E-state index in [-0.39, 0.29) is 0 Å². The molecule has 0 aliphatic carbocycles. The molecule has 0 saturated carbocycles. The molecule has 0 spiro atoms. The first-order valence-electron chi connectivity index (χ1n) is 5.92. The van der Waals surface area contributed by atoms with Crippen molar-refractivity contribution >= 4 is 20.9 Å². The Balaban J connectivity index is 2.11. The molecule has 5 heteroatoms. The second-order valence-electron chi connectivity index (χ2n) is 3.93. The summed E-state index contributed by atoms with van der Waals surface area (Å²) < 4.78 is 11.3. The van der Waals surface area contributed by atoms with E-state index in [2.05, 4.69) is 0 Å². The van der Waals surface area contributed by atoms with Crippen LogP contribution >= 0.6 is 8.38 Å². The van der Waals surface area contributed by atoms with Gasteiger partial charge in [-0.05, 0) is 24.3 Å². The maximum absolute atomic E-state index is 10.9. The van der Waals surface area contributed by atoms with Crippen LogP contribution in [0.15, 0.2) is 48.5 Å². The first-order chi connectivity index (χ1) is 9.74. The van der Waals surface area contributed by atoms with Crippen LogP contribution in [0.1, 0.15) is 20.7 Å². The molecule has 0 aliphatic rings. The van der Waals surface area contributed by atoms with Crippen LogP contribution in [-0.2, 0) is 0 Å². The van der Waals surface area contributed by atoms with Crippen LogP contribution in [0.5, 0.6) is 11.5 Å². The molecule has 0 amide bonds. The molecule has 0 aromatic heterocycles. The number of carbonyl (C=O) groups excluding carboxylic acids is 2. The van der Waals surface area contributed by atoms with Crippen molar-refractivity contribution in [2.75, 3.05) is 6.66 Å². The number of hydrogen-bond acceptors (Lipinski definition) is 4. The zero-order valence-electron chi connectivity index (χ0n) is 10.9. The standard InChI is InChI=1S/C15H13O4P/c1-20(18-14-8-4-2-6-12(14)10-16)19-15-9-5-3-7-13(15)11-17/h2-11H,1H3. The van der Waals surface area contributed by atoms with Gasteiger partial charge in [-0.2, -0.15) is 0 Å². The minimum absolute atomic E-state index is 0.467. The van der Waals surface area contributed by atoms with Gasteiger partial charge in [0.25, 0.3) is 8.38 Å². The molecule has 0 atom stereocenters. The summed E-state index contributed by atoms with van der Waals surface area (Å²) in [5.74, 6) is 0.944. The predicted molar refractivity (Wildman–Crippen MR) is 77.8 cm³/mol. The Hall–Kier alpha value is -2.19. The van der Waals surface area contributed by atoms with E-state index in [0.29, 0.717) is 22.6 Å². The Morgan fingerprint density at radius 2 is 1.20 bits per heavy atom. The first kappa shape index (κ1) is 14.2. The van der Waals surface area contributed by atoms with E-state index >= 15 is 0 Å². The molecule has 0 unspecified atom stereocenters. The summed E-state index contributed by atoms with van der Waals surface area (Å²) in [6, 6.07) is 13.8. The Morgan fingerprint density at radius 1 is 0.800 bits per heavy atom. The molecule has 20 heavy (non-hydrogen) atoms. The first-order valence-corrected chi connectivity index (χ1v) is 7.55. The van der Waals surface area contributed by atoms with Gasteiger partial charge in [0.15, 0.2) is 12.6 Å².